The smallest absolute Gasteiger partial charge is 0.669 e. The van der Waals surface area contributed by atoms with Gasteiger partial charge >= 0.3 is 21.1 Å². The Labute approximate surface area is 313 Å². The van der Waals surface area contributed by atoms with Gasteiger partial charge in [0.15, 0.2) is 0 Å². The van der Waals surface area contributed by atoms with Crippen LogP contribution < -0.4 is 14.5 Å². The maximum atomic E-state index is 6.57. The van der Waals surface area contributed by atoms with E-state index < -0.39 is 0 Å². The van der Waals surface area contributed by atoms with Gasteiger partial charge in [-0.05, 0) is 48.5 Å². The van der Waals surface area contributed by atoms with Crippen LogP contribution in [0, 0.1) is 49.5 Å². The topological polar surface area (TPSA) is 33.5 Å². The zero-order valence-electron chi connectivity index (χ0n) is 26.8. The maximum Gasteiger partial charge on any atom is 4.00 e. The van der Waals surface area contributed by atoms with Crippen LogP contribution >= 0.6 is 0 Å². The van der Waals surface area contributed by atoms with Crippen LogP contribution in [-0.4, -0.2) is 16.6 Å². The molecule has 0 aliphatic carbocycles. The third-order valence-corrected chi connectivity index (χ3v) is 7.38. The van der Waals surface area contributed by atoms with E-state index in [1.807, 2.05) is 72.8 Å². The van der Waals surface area contributed by atoms with Gasteiger partial charge in [0.1, 0.15) is 0 Å². The molecular formula is C41H31N4OPt2-3. The summed E-state index contributed by atoms with van der Waals surface area (Å²) in [6, 6.07) is 48.3. The maximum absolute atomic E-state index is 6.57. The fourth-order valence-corrected chi connectivity index (χ4v) is 4.95. The molecule has 0 atom stereocenters. The fraction of sp³-hybridized carbons (Fsp3) is 0.122. The first-order chi connectivity index (χ1) is 22.3. The minimum atomic E-state index is 0. The molecule has 0 fully saturated rings. The van der Waals surface area contributed by atoms with E-state index in [1.165, 1.54) is 5.56 Å². The number of ether oxygens (including phenoxy) is 1. The first-order valence-electron chi connectivity index (χ1n) is 14.9. The van der Waals surface area contributed by atoms with Crippen molar-refractivity contribution in [3.05, 3.63) is 159 Å². The van der Waals surface area contributed by atoms with Gasteiger partial charge in [0.05, 0.1) is 0 Å². The van der Waals surface area contributed by atoms with E-state index >= 15 is 0 Å². The molecule has 2 aromatic heterocycles. The molecule has 0 radical (unpaired) electrons. The molecule has 0 spiro atoms. The molecule has 6 aromatic rings. The van der Waals surface area contributed by atoms with Crippen LogP contribution in [0.5, 0.6) is 11.5 Å². The van der Waals surface area contributed by atoms with Crippen molar-refractivity contribution >= 4 is 17.1 Å². The Balaban J connectivity index is 0.000000516. The Hall–Kier alpha value is -4.35. The Bertz CT molecular complexity index is 1980. The average Bonchev–Trinajstić information content (AvgIpc) is 3.73. The molecule has 0 unspecified atom stereocenters. The summed E-state index contributed by atoms with van der Waals surface area (Å²) in [5, 5.41) is 0. The number of rotatable bonds is 5. The van der Waals surface area contributed by atoms with Crippen molar-refractivity contribution in [2.75, 3.05) is 16.8 Å². The zero-order valence-corrected chi connectivity index (χ0v) is 31.3. The molecule has 0 N–H and O–H groups in total. The first-order valence-corrected chi connectivity index (χ1v) is 14.9. The number of anilines is 3. The molecule has 48 heavy (non-hydrogen) atoms. The molecule has 3 heterocycles. The Morgan fingerprint density at radius 3 is 2.31 bits per heavy atom. The van der Waals surface area contributed by atoms with Crippen molar-refractivity contribution < 1.29 is 46.9 Å². The summed E-state index contributed by atoms with van der Waals surface area (Å²) in [5.74, 6) is 1.16. The third-order valence-electron chi connectivity index (χ3n) is 7.38. The van der Waals surface area contributed by atoms with Crippen LogP contribution in [0.25, 0.3) is 22.4 Å². The second-order valence-corrected chi connectivity index (χ2v) is 11.7. The van der Waals surface area contributed by atoms with Gasteiger partial charge in [-0.15, -0.1) is 30.0 Å². The molecule has 1 aliphatic rings. The third kappa shape index (κ3) is 8.56. The molecule has 0 amide bonds. The van der Waals surface area contributed by atoms with Gasteiger partial charge in [0.2, 0.25) is 0 Å². The van der Waals surface area contributed by atoms with Crippen LogP contribution in [0.3, 0.4) is 0 Å². The summed E-state index contributed by atoms with van der Waals surface area (Å²) >= 11 is 0. The van der Waals surface area contributed by atoms with Crippen molar-refractivity contribution in [3.63, 3.8) is 0 Å². The van der Waals surface area contributed by atoms with E-state index in [0.717, 1.165) is 28.2 Å². The number of hydrogen-bond acceptors (Lipinski definition) is 4. The minimum absolute atomic E-state index is 0. The van der Waals surface area contributed by atoms with E-state index in [1.54, 1.807) is 23.2 Å². The monoisotopic (exact) mass is 985 g/mol. The van der Waals surface area contributed by atoms with Crippen LogP contribution in [0.2, 0.25) is 0 Å². The predicted molar refractivity (Wildman–Crippen MR) is 183 cm³/mol. The van der Waals surface area contributed by atoms with Crippen molar-refractivity contribution in [2.24, 2.45) is 0 Å². The SMILES string of the molecule is CN1[CH-]N(c2[c-]c(Oc3[c-]c(-c4[c-]c(-c5[c-]cccc5)ccn4)[c-]cc3)ccc2)c2ccc(C(C)(C)C)cc21.[C-]#Cn1cccc1.[Pt+4].[Pt]. The second-order valence-electron chi connectivity index (χ2n) is 11.7. The van der Waals surface area contributed by atoms with Gasteiger partial charge in [0, 0.05) is 50.6 Å². The van der Waals surface area contributed by atoms with Gasteiger partial charge in [-0.25, -0.2) is 23.2 Å². The normalized spacial score (nSPS) is 11.6. The molecule has 7 rings (SSSR count). The molecule has 5 nitrogen and oxygen atoms in total. The van der Waals surface area contributed by atoms with Crippen LogP contribution in [-0.2, 0) is 47.5 Å². The average molecular weight is 986 g/mol. The Morgan fingerprint density at radius 1 is 0.812 bits per heavy atom. The van der Waals surface area contributed by atoms with E-state index in [0.29, 0.717) is 22.8 Å². The van der Waals surface area contributed by atoms with Crippen molar-refractivity contribution in [1.82, 2.24) is 9.55 Å². The predicted octanol–water partition coefficient (Wildman–Crippen LogP) is 9.09. The van der Waals surface area contributed by atoms with Crippen LogP contribution in [0.1, 0.15) is 26.3 Å². The summed E-state index contributed by atoms with van der Waals surface area (Å²) in [6.45, 7) is 8.77. The van der Waals surface area contributed by atoms with Crippen molar-refractivity contribution in [1.29, 1.82) is 0 Å². The summed E-state index contributed by atoms with van der Waals surface area (Å²) in [4.78, 5) is 8.76. The van der Waals surface area contributed by atoms with E-state index in [2.05, 4.69) is 104 Å². The van der Waals surface area contributed by atoms with Gasteiger partial charge in [-0.2, -0.15) is 54.8 Å². The standard InChI is InChI=1S/C35H27N3O.C6H4N.2Pt/c1-35(2,3)28-16-17-33-34(22-28)37(4)24-38(33)29-13-9-15-31(23-29)39-30-14-8-12-27(20-30)32-21-26(18-19-36-32)25-10-6-5-7-11-25;1-2-7-5-3-4-6-7;;/h5-10,13-19,22,24H,1-4H3;3-6H;;/q-6;-1;;+4. The summed E-state index contributed by atoms with van der Waals surface area (Å²) < 4.78 is 7.74. The molecule has 0 saturated heterocycles. The summed E-state index contributed by atoms with van der Waals surface area (Å²) in [6.07, 6.45) is 11.9. The van der Waals surface area contributed by atoms with Gasteiger partial charge < -0.3 is 42.1 Å². The zero-order chi connectivity index (χ0) is 32.1. The van der Waals surface area contributed by atoms with Crippen LogP contribution in [0.15, 0.2) is 110 Å². The minimum Gasteiger partial charge on any atom is -0.669 e. The summed E-state index contributed by atoms with van der Waals surface area (Å²) in [7, 11) is 2.07. The van der Waals surface area contributed by atoms with Gasteiger partial charge in [0.25, 0.3) is 0 Å². The molecule has 1 aliphatic heterocycles. The van der Waals surface area contributed by atoms with Crippen molar-refractivity contribution in [2.45, 2.75) is 26.2 Å². The number of fused-ring (bicyclic) bond motifs is 1. The summed E-state index contributed by atoms with van der Waals surface area (Å²) in [5.41, 5.74) is 7.75. The second kappa shape index (κ2) is 16.2. The largest absolute Gasteiger partial charge is 4.00 e. The quantitative estimate of drug-likeness (QED) is 0.128. The Kier molecular flexibility index (Phi) is 12.3. The number of aromatic nitrogens is 2. The number of hydrogen-bond donors (Lipinski definition) is 0. The van der Waals surface area contributed by atoms with E-state index in [-0.39, 0.29) is 47.5 Å². The fourth-order valence-electron chi connectivity index (χ4n) is 4.95. The van der Waals surface area contributed by atoms with Crippen molar-refractivity contribution in [3.8, 4) is 39.9 Å². The number of nitrogens with zero attached hydrogens (tertiary/aromatic N) is 4. The molecule has 0 bridgehead atoms. The van der Waals surface area contributed by atoms with Crippen LogP contribution in [0.4, 0.5) is 17.1 Å². The number of pyridine rings is 1. The number of benzene rings is 4. The van der Waals surface area contributed by atoms with E-state index in [9.17, 15) is 0 Å². The van der Waals surface area contributed by atoms with Gasteiger partial charge in [-0.3, -0.25) is 12.1 Å². The molecular weight excluding hydrogens is 955 g/mol. The molecule has 4 aromatic carbocycles. The first kappa shape index (κ1) is 36.5. The molecule has 244 valence electrons. The molecule has 0 saturated carbocycles. The Morgan fingerprint density at radius 2 is 1.60 bits per heavy atom. The van der Waals surface area contributed by atoms with Gasteiger partial charge in [-0.1, -0.05) is 32.6 Å². The van der Waals surface area contributed by atoms with E-state index in [4.69, 9.17) is 11.2 Å². The molecule has 7 heteroatoms.